The van der Waals surface area contributed by atoms with Crippen molar-refractivity contribution in [1.82, 2.24) is 0 Å². The highest BCUT2D eigenvalue weighted by molar-refractivity contribution is 5.22. The van der Waals surface area contributed by atoms with E-state index in [9.17, 15) is 0 Å². The van der Waals surface area contributed by atoms with Crippen LogP contribution in [0.1, 0.15) is 36.8 Å². The van der Waals surface area contributed by atoms with E-state index in [1.54, 1.807) is 0 Å². The lowest BCUT2D eigenvalue weighted by molar-refractivity contribution is 0.692. The smallest absolute Gasteiger partial charge is 0.00860 e. The van der Waals surface area contributed by atoms with E-state index in [2.05, 4.69) is 37.1 Å². The Morgan fingerprint density at radius 1 is 1.21 bits per heavy atom. The Morgan fingerprint density at radius 2 is 2.07 bits per heavy atom. The van der Waals surface area contributed by atoms with Crippen molar-refractivity contribution in [3.05, 3.63) is 35.4 Å². The predicted molar refractivity (Wildman–Crippen MR) is 62.2 cm³/mol. The van der Waals surface area contributed by atoms with Gasteiger partial charge >= 0.3 is 0 Å². The summed E-state index contributed by atoms with van der Waals surface area (Å²) in [6.07, 6.45) is 11.0. The zero-order valence-electron chi connectivity index (χ0n) is 8.92. The number of terminal acetylenes is 1. The van der Waals surface area contributed by atoms with Crippen molar-refractivity contribution < 1.29 is 0 Å². The Labute approximate surface area is 87.4 Å². The maximum absolute atomic E-state index is 5.19. The van der Waals surface area contributed by atoms with Gasteiger partial charge in [-0.05, 0) is 31.7 Å². The molecule has 0 heteroatoms. The summed E-state index contributed by atoms with van der Waals surface area (Å²) < 4.78 is 0. The van der Waals surface area contributed by atoms with E-state index in [0.717, 1.165) is 6.42 Å². The van der Waals surface area contributed by atoms with Crippen LogP contribution in [0.5, 0.6) is 0 Å². The second-order valence-electron chi connectivity index (χ2n) is 3.75. The van der Waals surface area contributed by atoms with E-state index >= 15 is 0 Å². The number of benzene rings is 1. The average Bonchev–Trinajstić information content (AvgIpc) is 2.18. The molecule has 1 aromatic rings. The minimum atomic E-state index is 0.924. The number of unbranched alkanes of at least 4 members (excludes halogenated alkanes) is 3. The van der Waals surface area contributed by atoms with Gasteiger partial charge in [0.2, 0.25) is 0 Å². The van der Waals surface area contributed by atoms with Gasteiger partial charge in [-0.25, -0.2) is 0 Å². The average molecular weight is 186 g/mol. The minimum absolute atomic E-state index is 0.924. The van der Waals surface area contributed by atoms with Gasteiger partial charge in [0, 0.05) is 6.42 Å². The van der Waals surface area contributed by atoms with Crippen LogP contribution in [0, 0.1) is 19.3 Å². The molecule has 14 heavy (non-hydrogen) atoms. The standard InChI is InChI=1S/C14H18/c1-3-4-5-6-7-10-14-11-8-9-13(2)12-14/h1,8-9,11-12H,4-7,10H2,2H3. The SMILES string of the molecule is C#CCCCCCc1cccc(C)c1. The molecule has 0 N–H and O–H groups in total. The lowest BCUT2D eigenvalue weighted by Crippen LogP contribution is -1.86. The first kappa shape index (κ1) is 10.9. The fraction of sp³-hybridized carbons (Fsp3) is 0.429. The van der Waals surface area contributed by atoms with Crippen LogP contribution in [0.2, 0.25) is 0 Å². The molecule has 0 atom stereocenters. The van der Waals surface area contributed by atoms with Crippen LogP contribution < -0.4 is 0 Å². The Morgan fingerprint density at radius 3 is 2.79 bits per heavy atom. The van der Waals surface area contributed by atoms with Crippen molar-refractivity contribution in [3.63, 3.8) is 0 Å². The van der Waals surface area contributed by atoms with Gasteiger partial charge in [-0.3, -0.25) is 0 Å². The maximum Gasteiger partial charge on any atom is 0.00860 e. The van der Waals surface area contributed by atoms with E-state index in [0.29, 0.717) is 0 Å². The molecule has 0 fully saturated rings. The Hall–Kier alpha value is -1.22. The van der Waals surface area contributed by atoms with Crippen LogP contribution in [0.15, 0.2) is 24.3 Å². The molecule has 0 aromatic heterocycles. The van der Waals surface area contributed by atoms with Crippen molar-refractivity contribution in [2.45, 2.75) is 39.0 Å². The fourth-order valence-corrected chi connectivity index (χ4v) is 1.60. The highest BCUT2D eigenvalue weighted by Gasteiger charge is 1.93. The van der Waals surface area contributed by atoms with Gasteiger partial charge < -0.3 is 0 Å². The molecule has 0 bridgehead atoms. The van der Waals surface area contributed by atoms with Crippen LogP contribution in [0.25, 0.3) is 0 Å². The molecular weight excluding hydrogens is 168 g/mol. The summed E-state index contributed by atoms with van der Waals surface area (Å²) in [5, 5.41) is 0. The second-order valence-corrected chi connectivity index (χ2v) is 3.75. The van der Waals surface area contributed by atoms with Crippen LogP contribution >= 0.6 is 0 Å². The van der Waals surface area contributed by atoms with Crippen molar-refractivity contribution in [2.75, 3.05) is 0 Å². The Kier molecular flexibility index (Phi) is 4.86. The molecule has 0 heterocycles. The van der Waals surface area contributed by atoms with Crippen molar-refractivity contribution in [2.24, 2.45) is 0 Å². The topological polar surface area (TPSA) is 0 Å². The molecule has 0 saturated heterocycles. The normalized spacial score (nSPS) is 9.71. The molecule has 0 aliphatic carbocycles. The Bertz CT molecular complexity index is 304. The van der Waals surface area contributed by atoms with Gasteiger partial charge in [-0.15, -0.1) is 12.3 Å². The molecule has 0 unspecified atom stereocenters. The van der Waals surface area contributed by atoms with E-state index in [-0.39, 0.29) is 0 Å². The molecule has 0 saturated carbocycles. The van der Waals surface area contributed by atoms with Crippen LogP contribution in [0.4, 0.5) is 0 Å². The molecule has 0 spiro atoms. The van der Waals surface area contributed by atoms with Gasteiger partial charge in [0.1, 0.15) is 0 Å². The summed E-state index contributed by atoms with van der Waals surface area (Å²) in [5.74, 6) is 2.68. The molecule has 0 aliphatic rings. The zero-order valence-corrected chi connectivity index (χ0v) is 8.92. The summed E-state index contributed by atoms with van der Waals surface area (Å²) in [5.41, 5.74) is 2.80. The molecule has 0 radical (unpaired) electrons. The summed E-state index contributed by atoms with van der Waals surface area (Å²) in [6, 6.07) is 8.74. The van der Waals surface area contributed by atoms with E-state index in [1.807, 2.05) is 0 Å². The van der Waals surface area contributed by atoms with Crippen molar-refractivity contribution in [3.8, 4) is 12.3 Å². The molecule has 0 amide bonds. The molecule has 74 valence electrons. The third-order valence-corrected chi connectivity index (χ3v) is 2.37. The third kappa shape index (κ3) is 4.14. The van der Waals surface area contributed by atoms with Crippen LogP contribution in [-0.4, -0.2) is 0 Å². The van der Waals surface area contributed by atoms with E-state index < -0.39 is 0 Å². The Balaban J connectivity index is 2.22. The van der Waals surface area contributed by atoms with Gasteiger partial charge in [0.15, 0.2) is 0 Å². The lowest BCUT2D eigenvalue weighted by Gasteiger charge is -2.01. The quantitative estimate of drug-likeness (QED) is 0.485. The van der Waals surface area contributed by atoms with Gasteiger partial charge in [0.05, 0.1) is 0 Å². The number of hydrogen-bond acceptors (Lipinski definition) is 0. The summed E-state index contributed by atoms with van der Waals surface area (Å²) in [7, 11) is 0. The molecule has 0 nitrogen and oxygen atoms in total. The molecule has 1 aromatic carbocycles. The second kappa shape index (κ2) is 6.27. The summed E-state index contributed by atoms with van der Waals surface area (Å²) in [6.45, 7) is 2.14. The number of hydrogen-bond donors (Lipinski definition) is 0. The van der Waals surface area contributed by atoms with E-state index in [1.165, 1.54) is 36.8 Å². The van der Waals surface area contributed by atoms with E-state index in [4.69, 9.17) is 6.42 Å². The highest BCUT2D eigenvalue weighted by atomic mass is 14.0. The maximum atomic E-state index is 5.19. The van der Waals surface area contributed by atoms with Gasteiger partial charge in [-0.1, -0.05) is 36.2 Å². The number of aryl methyl sites for hydroxylation is 2. The number of rotatable bonds is 5. The van der Waals surface area contributed by atoms with Crippen molar-refractivity contribution in [1.29, 1.82) is 0 Å². The lowest BCUT2D eigenvalue weighted by atomic mass is 10.0. The molecular formula is C14H18. The monoisotopic (exact) mass is 186 g/mol. The van der Waals surface area contributed by atoms with Crippen LogP contribution in [-0.2, 0) is 6.42 Å². The fourth-order valence-electron chi connectivity index (χ4n) is 1.60. The molecule has 1 rings (SSSR count). The zero-order chi connectivity index (χ0) is 10.2. The summed E-state index contributed by atoms with van der Waals surface area (Å²) >= 11 is 0. The predicted octanol–water partition coefficient (Wildman–Crippen LogP) is 3.73. The highest BCUT2D eigenvalue weighted by Crippen LogP contribution is 2.09. The van der Waals surface area contributed by atoms with Gasteiger partial charge in [0.25, 0.3) is 0 Å². The van der Waals surface area contributed by atoms with Gasteiger partial charge in [-0.2, -0.15) is 0 Å². The van der Waals surface area contributed by atoms with Crippen LogP contribution in [0.3, 0.4) is 0 Å². The third-order valence-electron chi connectivity index (χ3n) is 2.37. The largest absolute Gasteiger partial charge is 0.120 e. The minimum Gasteiger partial charge on any atom is -0.120 e. The van der Waals surface area contributed by atoms with Crippen molar-refractivity contribution >= 4 is 0 Å². The first-order valence-corrected chi connectivity index (χ1v) is 5.32. The first-order valence-electron chi connectivity index (χ1n) is 5.32. The first-order chi connectivity index (χ1) is 6.83. The molecule has 0 aliphatic heterocycles. The summed E-state index contributed by atoms with van der Waals surface area (Å²) in [4.78, 5) is 0.